The number of aromatic nitrogens is 2. The van der Waals surface area contributed by atoms with Crippen LogP contribution in [0.4, 0.5) is 5.69 Å². The van der Waals surface area contributed by atoms with E-state index in [4.69, 9.17) is 28.9 Å². The number of rotatable bonds is 1. The second kappa shape index (κ2) is 5.11. The number of nitrogens with zero attached hydrogens (tertiary/aromatic N) is 1. The normalized spacial score (nSPS) is 10.4. The Labute approximate surface area is 121 Å². The molecule has 0 saturated heterocycles. The first-order valence-electron chi connectivity index (χ1n) is 5.34. The smallest absolute Gasteiger partial charge is 0.138 e. The van der Waals surface area contributed by atoms with Crippen LogP contribution in [0.5, 0.6) is 0 Å². The Balaban J connectivity index is 0.00000133. The Morgan fingerprint density at radius 3 is 2.32 bits per heavy atom. The van der Waals surface area contributed by atoms with Crippen LogP contribution in [0, 0.1) is 0 Å². The standard InChI is InChI=1S/C13H9Cl2N3.CH4/c14-9-5-11-12(6-10(9)15)18-13(17-11)7-1-3-8(16)4-2-7;/h1-6H,16H2,(H,17,18);1H4. The van der Waals surface area contributed by atoms with Crippen LogP contribution >= 0.6 is 23.2 Å². The Kier molecular flexibility index (Phi) is 3.69. The van der Waals surface area contributed by atoms with Crippen molar-refractivity contribution in [3.63, 3.8) is 0 Å². The molecule has 0 atom stereocenters. The van der Waals surface area contributed by atoms with E-state index in [-0.39, 0.29) is 7.43 Å². The Hall–Kier alpha value is -1.71. The van der Waals surface area contributed by atoms with Gasteiger partial charge in [-0.25, -0.2) is 4.98 Å². The van der Waals surface area contributed by atoms with Crippen molar-refractivity contribution in [1.82, 2.24) is 9.97 Å². The molecule has 0 fully saturated rings. The molecule has 0 saturated carbocycles. The van der Waals surface area contributed by atoms with E-state index in [1.807, 2.05) is 24.3 Å². The predicted molar refractivity (Wildman–Crippen MR) is 82.7 cm³/mol. The predicted octanol–water partition coefficient (Wildman–Crippen LogP) is 4.76. The monoisotopic (exact) mass is 293 g/mol. The van der Waals surface area contributed by atoms with Crippen LogP contribution in [0.15, 0.2) is 36.4 Å². The molecular weight excluding hydrogens is 281 g/mol. The van der Waals surface area contributed by atoms with Gasteiger partial charge in [0.25, 0.3) is 0 Å². The minimum atomic E-state index is 0. The van der Waals surface area contributed by atoms with Gasteiger partial charge in [0.05, 0.1) is 21.1 Å². The molecule has 1 heterocycles. The van der Waals surface area contributed by atoms with Crippen LogP contribution in [0.2, 0.25) is 10.0 Å². The molecule has 98 valence electrons. The maximum absolute atomic E-state index is 5.97. The van der Waals surface area contributed by atoms with E-state index in [1.165, 1.54) is 0 Å². The van der Waals surface area contributed by atoms with Crippen molar-refractivity contribution in [3.05, 3.63) is 46.4 Å². The van der Waals surface area contributed by atoms with Crippen molar-refractivity contribution >= 4 is 39.9 Å². The number of H-pyrrole nitrogens is 1. The van der Waals surface area contributed by atoms with Crippen LogP contribution in [0.3, 0.4) is 0 Å². The largest absolute Gasteiger partial charge is 0.399 e. The van der Waals surface area contributed by atoms with Crippen LogP contribution in [0.25, 0.3) is 22.4 Å². The first-order chi connectivity index (χ1) is 8.63. The van der Waals surface area contributed by atoms with Crippen molar-refractivity contribution in [3.8, 4) is 11.4 Å². The van der Waals surface area contributed by atoms with E-state index in [0.29, 0.717) is 10.0 Å². The summed E-state index contributed by atoms with van der Waals surface area (Å²) in [6, 6.07) is 11.0. The summed E-state index contributed by atoms with van der Waals surface area (Å²) < 4.78 is 0. The van der Waals surface area contributed by atoms with Crippen molar-refractivity contribution in [2.75, 3.05) is 5.73 Å². The highest BCUT2D eigenvalue weighted by Gasteiger charge is 2.08. The van der Waals surface area contributed by atoms with Crippen LogP contribution in [-0.4, -0.2) is 9.97 Å². The summed E-state index contributed by atoms with van der Waals surface area (Å²) in [6.07, 6.45) is 0. The maximum atomic E-state index is 5.97. The van der Waals surface area contributed by atoms with Gasteiger partial charge in [0.1, 0.15) is 5.82 Å². The number of aromatic amines is 1. The zero-order valence-electron chi connectivity index (χ0n) is 9.24. The van der Waals surface area contributed by atoms with E-state index in [9.17, 15) is 0 Å². The lowest BCUT2D eigenvalue weighted by atomic mass is 10.2. The number of nitrogens with one attached hydrogen (secondary N) is 1. The number of nitrogens with two attached hydrogens (primary N) is 1. The molecule has 3 N–H and O–H groups in total. The van der Waals surface area contributed by atoms with E-state index in [0.717, 1.165) is 28.1 Å². The summed E-state index contributed by atoms with van der Waals surface area (Å²) in [7, 11) is 0. The molecule has 0 spiro atoms. The van der Waals surface area contributed by atoms with Gasteiger partial charge in [-0.15, -0.1) is 0 Å². The number of benzene rings is 2. The van der Waals surface area contributed by atoms with Crippen LogP contribution in [0.1, 0.15) is 7.43 Å². The van der Waals surface area contributed by atoms with Gasteiger partial charge in [0.2, 0.25) is 0 Å². The number of hydrogen-bond acceptors (Lipinski definition) is 2. The number of fused-ring (bicyclic) bond motifs is 1. The van der Waals surface area contributed by atoms with Crippen LogP contribution < -0.4 is 5.73 Å². The minimum Gasteiger partial charge on any atom is -0.399 e. The highest BCUT2D eigenvalue weighted by atomic mass is 35.5. The van der Waals surface area contributed by atoms with Gasteiger partial charge in [-0.3, -0.25) is 0 Å². The molecule has 1 aromatic heterocycles. The van der Waals surface area contributed by atoms with Gasteiger partial charge in [0, 0.05) is 11.3 Å². The zero-order chi connectivity index (χ0) is 12.7. The lowest BCUT2D eigenvalue weighted by molar-refractivity contribution is 1.34. The molecule has 3 aromatic rings. The summed E-state index contributed by atoms with van der Waals surface area (Å²) in [4.78, 5) is 7.68. The third-order valence-corrected chi connectivity index (χ3v) is 3.43. The fourth-order valence-electron chi connectivity index (χ4n) is 1.78. The van der Waals surface area contributed by atoms with Gasteiger partial charge < -0.3 is 10.7 Å². The van der Waals surface area contributed by atoms with Crippen molar-refractivity contribution in [1.29, 1.82) is 0 Å². The summed E-state index contributed by atoms with van der Waals surface area (Å²) in [5, 5.41) is 1.01. The Morgan fingerprint density at radius 1 is 1.00 bits per heavy atom. The SMILES string of the molecule is C.Nc1ccc(-c2nc3cc(Cl)c(Cl)cc3[nH]2)cc1. The number of hydrogen-bond donors (Lipinski definition) is 2. The molecule has 0 aliphatic rings. The lowest BCUT2D eigenvalue weighted by Crippen LogP contribution is -1.84. The van der Waals surface area contributed by atoms with Gasteiger partial charge in [-0.2, -0.15) is 0 Å². The van der Waals surface area contributed by atoms with Crippen molar-refractivity contribution in [2.24, 2.45) is 0 Å². The van der Waals surface area contributed by atoms with Crippen molar-refractivity contribution in [2.45, 2.75) is 7.43 Å². The fourth-order valence-corrected chi connectivity index (χ4v) is 2.10. The van der Waals surface area contributed by atoms with Gasteiger partial charge >= 0.3 is 0 Å². The molecule has 3 nitrogen and oxygen atoms in total. The third-order valence-electron chi connectivity index (χ3n) is 2.71. The molecule has 0 unspecified atom stereocenters. The molecule has 5 heteroatoms. The Morgan fingerprint density at radius 2 is 1.63 bits per heavy atom. The van der Waals surface area contributed by atoms with Gasteiger partial charge in [0.15, 0.2) is 0 Å². The second-order valence-corrected chi connectivity index (χ2v) is 4.81. The molecule has 2 aromatic carbocycles. The molecule has 19 heavy (non-hydrogen) atoms. The summed E-state index contributed by atoms with van der Waals surface area (Å²) in [5.41, 5.74) is 8.99. The topological polar surface area (TPSA) is 54.7 Å². The summed E-state index contributed by atoms with van der Waals surface area (Å²) in [5.74, 6) is 0.767. The highest BCUT2D eigenvalue weighted by Crippen LogP contribution is 2.28. The van der Waals surface area contributed by atoms with E-state index < -0.39 is 0 Å². The van der Waals surface area contributed by atoms with E-state index in [1.54, 1.807) is 12.1 Å². The van der Waals surface area contributed by atoms with Crippen molar-refractivity contribution < 1.29 is 0 Å². The third kappa shape index (κ3) is 2.53. The first kappa shape index (κ1) is 13.7. The molecule has 3 rings (SSSR count). The first-order valence-corrected chi connectivity index (χ1v) is 6.10. The zero-order valence-corrected chi connectivity index (χ0v) is 10.8. The van der Waals surface area contributed by atoms with Gasteiger partial charge in [-0.05, 0) is 36.4 Å². The second-order valence-electron chi connectivity index (χ2n) is 3.99. The Bertz CT molecular complexity index is 678. The molecule has 0 bridgehead atoms. The number of nitrogen functional groups attached to an aromatic ring is 1. The number of halogens is 2. The number of imidazole rings is 1. The molecule has 0 radical (unpaired) electrons. The van der Waals surface area contributed by atoms with Gasteiger partial charge in [-0.1, -0.05) is 30.6 Å². The molecule has 0 amide bonds. The average molecular weight is 294 g/mol. The van der Waals surface area contributed by atoms with E-state index >= 15 is 0 Å². The average Bonchev–Trinajstić information content (AvgIpc) is 2.73. The quantitative estimate of drug-likeness (QED) is 0.636. The summed E-state index contributed by atoms with van der Waals surface area (Å²) in [6.45, 7) is 0. The molecule has 0 aliphatic carbocycles. The lowest BCUT2D eigenvalue weighted by Gasteiger charge is -1.96. The minimum absolute atomic E-state index is 0. The summed E-state index contributed by atoms with van der Waals surface area (Å²) >= 11 is 11.9. The maximum Gasteiger partial charge on any atom is 0.138 e. The molecule has 0 aliphatic heterocycles. The highest BCUT2D eigenvalue weighted by molar-refractivity contribution is 6.42. The number of anilines is 1. The van der Waals surface area contributed by atoms with E-state index in [2.05, 4.69) is 9.97 Å². The van der Waals surface area contributed by atoms with Crippen LogP contribution in [-0.2, 0) is 0 Å². The fraction of sp³-hybridized carbons (Fsp3) is 0.0714. The molecular formula is C14H13Cl2N3.